The van der Waals surface area contributed by atoms with Gasteiger partial charge in [0.15, 0.2) is 0 Å². The molecule has 2 heteroatoms. The maximum atomic E-state index is 13.5. The SMILES string of the molecule is CC12CC3CC(C1)CC(CC(=O)C1CCC(C(=O)CC45CC6CC(CC(C)(C6)C4)C5)CC1)(C3)C2. The van der Waals surface area contributed by atoms with Gasteiger partial charge in [-0.05, 0) is 148 Å². The third kappa shape index (κ3) is 3.78. The Bertz CT molecular complexity index is 775. The molecule has 0 aromatic rings. The summed E-state index contributed by atoms with van der Waals surface area (Å²) < 4.78 is 0. The van der Waals surface area contributed by atoms with Crippen LogP contribution >= 0.6 is 0 Å². The van der Waals surface area contributed by atoms with Gasteiger partial charge < -0.3 is 0 Å². The number of hydrogen-bond acceptors (Lipinski definition) is 2. The molecule has 8 bridgehead atoms. The van der Waals surface area contributed by atoms with Gasteiger partial charge in [-0.3, -0.25) is 9.59 Å². The molecule has 9 saturated carbocycles. The Kier molecular flexibility index (Phi) is 4.93. The molecule has 188 valence electrons. The molecule has 0 aliphatic heterocycles. The Balaban J connectivity index is 0.950. The van der Waals surface area contributed by atoms with Gasteiger partial charge in [0.1, 0.15) is 11.6 Å². The zero-order valence-corrected chi connectivity index (χ0v) is 22.0. The minimum Gasteiger partial charge on any atom is -0.299 e. The molecule has 0 amide bonds. The van der Waals surface area contributed by atoms with E-state index in [2.05, 4.69) is 13.8 Å². The molecule has 0 N–H and O–H groups in total. The molecular weight excluding hydrogens is 416 g/mol. The quantitative estimate of drug-likeness (QED) is 0.400. The monoisotopic (exact) mass is 464 g/mol. The third-order valence-corrected chi connectivity index (χ3v) is 12.7. The summed E-state index contributed by atoms with van der Waals surface area (Å²) in [5.41, 5.74) is 1.75. The highest BCUT2D eigenvalue weighted by Crippen LogP contribution is 2.67. The summed E-state index contributed by atoms with van der Waals surface area (Å²) in [6.07, 6.45) is 22.3. The van der Waals surface area contributed by atoms with Gasteiger partial charge in [-0.1, -0.05) is 13.8 Å². The van der Waals surface area contributed by atoms with Crippen molar-refractivity contribution in [3.63, 3.8) is 0 Å². The van der Waals surface area contributed by atoms with Gasteiger partial charge in [0, 0.05) is 24.7 Å². The molecule has 0 saturated heterocycles. The van der Waals surface area contributed by atoms with Crippen molar-refractivity contribution in [2.75, 3.05) is 0 Å². The van der Waals surface area contributed by atoms with E-state index in [0.717, 1.165) is 62.2 Å². The van der Waals surface area contributed by atoms with Crippen LogP contribution in [0.2, 0.25) is 0 Å². The lowest BCUT2D eigenvalue weighted by atomic mass is 9.43. The average molecular weight is 465 g/mol. The summed E-state index contributed by atoms with van der Waals surface area (Å²) in [6.45, 7) is 5.04. The maximum absolute atomic E-state index is 13.5. The minimum atomic E-state index is 0.253. The van der Waals surface area contributed by atoms with Gasteiger partial charge in [-0.15, -0.1) is 0 Å². The molecule has 0 heterocycles. The average Bonchev–Trinajstić information content (AvgIpc) is 2.69. The molecule has 9 aliphatic carbocycles. The van der Waals surface area contributed by atoms with E-state index in [-0.39, 0.29) is 11.8 Å². The smallest absolute Gasteiger partial charge is 0.136 e. The maximum Gasteiger partial charge on any atom is 0.136 e. The van der Waals surface area contributed by atoms with Crippen LogP contribution in [0.5, 0.6) is 0 Å². The Morgan fingerprint density at radius 1 is 0.559 bits per heavy atom. The summed E-state index contributed by atoms with van der Waals surface area (Å²) >= 11 is 0. The molecule has 4 unspecified atom stereocenters. The van der Waals surface area contributed by atoms with Gasteiger partial charge in [-0.25, -0.2) is 0 Å². The second-order valence-corrected chi connectivity index (χ2v) is 16.4. The largest absolute Gasteiger partial charge is 0.299 e. The number of ketones is 2. The molecule has 0 spiro atoms. The normalized spacial score (nSPS) is 55.0. The predicted octanol–water partition coefficient (Wildman–Crippen LogP) is 7.92. The minimum absolute atomic E-state index is 0.253. The zero-order valence-electron chi connectivity index (χ0n) is 22.0. The van der Waals surface area contributed by atoms with E-state index >= 15 is 0 Å². The fourth-order valence-corrected chi connectivity index (χ4v) is 13.0. The topological polar surface area (TPSA) is 34.1 Å². The molecular formula is C32H48O2. The number of carbonyl (C=O) groups is 2. The first-order chi connectivity index (χ1) is 16.1. The highest BCUT2D eigenvalue weighted by atomic mass is 16.1. The number of carbonyl (C=O) groups excluding carboxylic acids is 2. The second kappa shape index (κ2) is 7.44. The van der Waals surface area contributed by atoms with E-state index in [0.29, 0.717) is 33.2 Å². The molecule has 0 aromatic carbocycles. The van der Waals surface area contributed by atoms with E-state index in [4.69, 9.17) is 0 Å². The Morgan fingerprint density at radius 2 is 0.882 bits per heavy atom. The second-order valence-electron chi connectivity index (χ2n) is 16.4. The number of hydrogen-bond donors (Lipinski definition) is 0. The zero-order chi connectivity index (χ0) is 23.3. The Morgan fingerprint density at radius 3 is 1.18 bits per heavy atom. The summed E-state index contributed by atoms with van der Waals surface area (Å²) in [5.74, 6) is 5.26. The first kappa shape index (κ1) is 22.5. The van der Waals surface area contributed by atoms with E-state index in [1.54, 1.807) is 0 Å². The lowest BCUT2D eigenvalue weighted by Crippen LogP contribution is -2.52. The highest BCUT2D eigenvalue weighted by molar-refractivity contribution is 5.84. The molecule has 0 radical (unpaired) electrons. The van der Waals surface area contributed by atoms with E-state index in [9.17, 15) is 9.59 Å². The van der Waals surface area contributed by atoms with Gasteiger partial charge in [0.2, 0.25) is 0 Å². The van der Waals surface area contributed by atoms with Crippen LogP contribution in [0.25, 0.3) is 0 Å². The summed E-state index contributed by atoms with van der Waals surface area (Å²) in [7, 11) is 0. The van der Waals surface area contributed by atoms with Gasteiger partial charge in [0.25, 0.3) is 0 Å². The molecule has 4 atom stereocenters. The number of Topliss-reactive ketones (excluding diaryl/α,β-unsaturated/α-hetero) is 2. The third-order valence-electron chi connectivity index (χ3n) is 12.7. The predicted molar refractivity (Wildman–Crippen MR) is 135 cm³/mol. The van der Waals surface area contributed by atoms with Crippen LogP contribution in [-0.4, -0.2) is 11.6 Å². The van der Waals surface area contributed by atoms with E-state index < -0.39 is 0 Å². The van der Waals surface area contributed by atoms with E-state index in [1.807, 2.05) is 0 Å². The van der Waals surface area contributed by atoms with Crippen molar-refractivity contribution in [3.8, 4) is 0 Å². The van der Waals surface area contributed by atoms with Gasteiger partial charge >= 0.3 is 0 Å². The van der Waals surface area contributed by atoms with Crippen molar-refractivity contribution in [3.05, 3.63) is 0 Å². The molecule has 2 nitrogen and oxygen atoms in total. The lowest BCUT2D eigenvalue weighted by Gasteiger charge is -2.61. The van der Waals surface area contributed by atoms with Crippen molar-refractivity contribution in [2.24, 2.45) is 57.2 Å². The van der Waals surface area contributed by atoms with Crippen molar-refractivity contribution in [1.82, 2.24) is 0 Å². The van der Waals surface area contributed by atoms with E-state index in [1.165, 1.54) is 77.0 Å². The van der Waals surface area contributed by atoms with Crippen LogP contribution in [0.1, 0.15) is 129 Å². The van der Waals surface area contributed by atoms with Crippen molar-refractivity contribution < 1.29 is 9.59 Å². The highest BCUT2D eigenvalue weighted by Gasteiger charge is 2.57. The summed E-state index contributed by atoms with van der Waals surface area (Å²) in [5, 5.41) is 0. The standard InChI is InChI=1S/C32H48O2/c1-29-9-21-7-22(10-29)14-31(13-21,19-29)17-27(33)25-3-5-26(6-4-25)28(34)18-32-15-23-8-24(16-32)12-30(2,11-23)20-32/h21-26H,3-20H2,1-2H3. The summed E-state index contributed by atoms with van der Waals surface area (Å²) in [6, 6.07) is 0. The fourth-order valence-electron chi connectivity index (χ4n) is 13.0. The fraction of sp³-hybridized carbons (Fsp3) is 0.938. The molecule has 9 aliphatic rings. The van der Waals surface area contributed by atoms with Crippen molar-refractivity contribution in [2.45, 2.75) is 129 Å². The molecule has 9 fully saturated rings. The van der Waals surface area contributed by atoms with Crippen LogP contribution in [0, 0.1) is 57.2 Å². The Labute approximate surface area is 207 Å². The van der Waals surface area contributed by atoms with Crippen LogP contribution < -0.4 is 0 Å². The molecule has 9 rings (SSSR count). The van der Waals surface area contributed by atoms with Gasteiger partial charge in [-0.2, -0.15) is 0 Å². The first-order valence-corrected chi connectivity index (χ1v) is 15.2. The van der Waals surface area contributed by atoms with Crippen LogP contribution in [0.3, 0.4) is 0 Å². The lowest BCUT2D eigenvalue weighted by molar-refractivity contribution is -0.143. The van der Waals surface area contributed by atoms with Crippen LogP contribution in [-0.2, 0) is 9.59 Å². The Hall–Kier alpha value is -0.660. The summed E-state index contributed by atoms with van der Waals surface area (Å²) in [4.78, 5) is 27.0. The number of rotatable bonds is 6. The van der Waals surface area contributed by atoms with Gasteiger partial charge in [0.05, 0.1) is 0 Å². The van der Waals surface area contributed by atoms with Crippen molar-refractivity contribution >= 4 is 11.6 Å². The molecule has 0 aromatic heterocycles. The van der Waals surface area contributed by atoms with Crippen LogP contribution in [0.15, 0.2) is 0 Å². The molecule has 34 heavy (non-hydrogen) atoms. The van der Waals surface area contributed by atoms with Crippen molar-refractivity contribution in [1.29, 1.82) is 0 Å². The van der Waals surface area contributed by atoms with Crippen LogP contribution in [0.4, 0.5) is 0 Å². The first-order valence-electron chi connectivity index (χ1n) is 15.2.